The summed E-state index contributed by atoms with van der Waals surface area (Å²) in [6, 6.07) is 6.18. The van der Waals surface area contributed by atoms with Gasteiger partial charge in [0.25, 0.3) is 0 Å². The fraction of sp³-hybridized carbons (Fsp3) is 0.111. The van der Waals surface area contributed by atoms with Gasteiger partial charge in [0.15, 0.2) is 6.07 Å². The molecule has 14 heavy (non-hydrogen) atoms. The van der Waals surface area contributed by atoms with E-state index < -0.39 is 5.91 Å². The lowest BCUT2D eigenvalue weighted by atomic mass is 10.3. The highest BCUT2D eigenvalue weighted by atomic mass is 35.5. The third-order valence-corrected chi connectivity index (χ3v) is 1.84. The number of rotatable bonds is 2. The Morgan fingerprint density at radius 3 is 2.86 bits per heavy atom. The Bertz CT molecular complexity index is 398. The van der Waals surface area contributed by atoms with E-state index in [1.165, 1.54) is 13.2 Å². The number of hydrogen-bond donors (Lipinski definition) is 1. The van der Waals surface area contributed by atoms with E-state index in [0.29, 0.717) is 16.5 Å². The number of amides is 1. The molecule has 1 amide bonds. The summed E-state index contributed by atoms with van der Waals surface area (Å²) in [5.74, 6) is -0.165. The molecule has 1 N–H and O–H groups in total. The van der Waals surface area contributed by atoms with Gasteiger partial charge in [-0.05, 0) is 12.1 Å². The average molecular weight is 211 g/mol. The maximum atomic E-state index is 10.7. The van der Waals surface area contributed by atoms with Crippen LogP contribution in [-0.4, -0.2) is 13.0 Å². The molecular formula is C9H7ClN2O2. The molecule has 72 valence electrons. The van der Waals surface area contributed by atoms with Gasteiger partial charge in [0, 0.05) is 6.07 Å². The molecule has 1 rings (SSSR count). The molecule has 1 aromatic rings. The van der Waals surface area contributed by atoms with Gasteiger partial charge in [0.05, 0.1) is 17.8 Å². The zero-order valence-corrected chi connectivity index (χ0v) is 8.13. The smallest absolute Gasteiger partial charge is 0.326 e. The van der Waals surface area contributed by atoms with Crippen molar-refractivity contribution in [3.63, 3.8) is 0 Å². The van der Waals surface area contributed by atoms with Gasteiger partial charge in [0.1, 0.15) is 5.75 Å². The van der Waals surface area contributed by atoms with Crippen LogP contribution in [0, 0.1) is 11.3 Å². The molecule has 4 nitrogen and oxygen atoms in total. The molecule has 0 bridgehead atoms. The van der Waals surface area contributed by atoms with E-state index in [0.717, 1.165) is 0 Å². The Morgan fingerprint density at radius 1 is 1.64 bits per heavy atom. The maximum absolute atomic E-state index is 10.7. The number of benzene rings is 1. The van der Waals surface area contributed by atoms with Gasteiger partial charge in [-0.25, -0.2) is 0 Å². The van der Waals surface area contributed by atoms with E-state index in [1.54, 1.807) is 18.2 Å². The predicted octanol–water partition coefficient (Wildman–Crippen LogP) is 1.81. The van der Waals surface area contributed by atoms with E-state index in [2.05, 4.69) is 5.32 Å². The molecule has 0 saturated carbocycles. The predicted molar refractivity (Wildman–Crippen MR) is 52.2 cm³/mol. The minimum atomic E-state index is -0.753. The van der Waals surface area contributed by atoms with Crippen LogP contribution in [0.15, 0.2) is 18.2 Å². The van der Waals surface area contributed by atoms with Crippen LogP contribution in [0.3, 0.4) is 0 Å². The Kier molecular flexibility index (Phi) is 3.32. The normalized spacial score (nSPS) is 8.93. The van der Waals surface area contributed by atoms with Crippen LogP contribution in [0.25, 0.3) is 0 Å². The number of ether oxygens (including phenoxy) is 1. The highest BCUT2D eigenvalue weighted by Gasteiger charge is 2.05. The van der Waals surface area contributed by atoms with E-state index in [1.807, 2.05) is 0 Å². The number of anilines is 1. The molecule has 0 saturated heterocycles. The zero-order chi connectivity index (χ0) is 10.6. The lowest BCUT2D eigenvalue weighted by molar-refractivity contribution is -0.111. The molecular weight excluding hydrogens is 204 g/mol. The van der Waals surface area contributed by atoms with Crippen LogP contribution in [0.1, 0.15) is 0 Å². The van der Waals surface area contributed by atoms with Crippen molar-refractivity contribution >= 4 is 23.2 Å². The molecule has 0 aliphatic heterocycles. The van der Waals surface area contributed by atoms with Crippen LogP contribution in [0.4, 0.5) is 5.69 Å². The van der Waals surface area contributed by atoms with Crippen LogP contribution in [0.5, 0.6) is 5.75 Å². The molecule has 0 fully saturated rings. The second kappa shape index (κ2) is 4.49. The Balaban J connectivity index is 2.90. The number of nitriles is 1. The van der Waals surface area contributed by atoms with Gasteiger partial charge >= 0.3 is 5.91 Å². The summed E-state index contributed by atoms with van der Waals surface area (Å²) in [7, 11) is 1.51. The standard InChI is InChI=1S/C9H7ClN2O2/c1-14-6-2-3-8(7(10)4-6)12-9(13)5-11/h2-4H,1H3,(H,12,13). The number of nitrogens with one attached hydrogen (secondary N) is 1. The summed E-state index contributed by atoms with van der Waals surface area (Å²) in [5.41, 5.74) is 0.388. The van der Waals surface area contributed by atoms with Gasteiger partial charge in [-0.2, -0.15) is 5.26 Å². The summed E-state index contributed by atoms with van der Waals surface area (Å²) in [4.78, 5) is 10.7. The minimum Gasteiger partial charge on any atom is -0.497 e. The Morgan fingerprint density at radius 2 is 2.36 bits per heavy atom. The molecule has 0 aliphatic carbocycles. The van der Waals surface area contributed by atoms with E-state index in [9.17, 15) is 4.79 Å². The number of hydrogen-bond acceptors (Lipinski definition) is 3. The molecule has 5 heteroatoms. The van der Waals surface area contributed by atoms with Crippen LogP contribution < -0.4 is 10.1 Å². The number of carbonyl (C=O) groups excluding carboxylic acids is 1. The second-order valence-corrected chi connectivity index (χ2v) is 2.82. The van der Waals surface area contributed by atoms with Gasteiger partial charge in [-0.1, -0.05) is 11.6 Å². The summed E-state index contributed by atoms with van der Waals surface area (Å²) in [6.07, 6.45) is 0. The highest BCUT2D eigenvalue weighted by Crippen LogP contribution is 2.26. The van der Waals surface area contributed by atoms with Crippen molar-refractivity contribution in [3.8, 4) is 11.8 Å². The fourth-order valence-corrected chi connectivity index (χ4v) is 1.09. The van der Waals surface area contributed by atoms with Crippen LogP contribution >= 0.6 is 11.6 Å². The Labute approximate surface area is 86.0 Å². The third-order valence-electron chi connectivity index (χ3n) is 1.53. The number of methoxy groups -OCH3 is 1. The first kappa shape index (κ1) is 10.4. The van der Waals surface area contributed by atoms with Crippen molar-refractivity contribution in [1.29, 1.82) is 5.26 Å². The molecule has 0 unspecified atom stereocenters. The molecule has 0 aromatic heterocycles. The molecule has 0 aliphatic rings. The number of nitrogens with zero attached hydrogens (tertiary/aromatic N) is 1. The van der Waals surface area contributed by atoms with Gasteiger partial charge in [-0.3, -0.25) is 4.79 Å². The van der Waals surface area contributed by atoms with Crippen molar-refractivity contribution in [2.24, 2.45) is 0 Å². The van der Waals surface area contributed by atoms with E-state index >= 15 is 0 Å². The lowest BCUT2D eigenvalue weighted by Crippen LogP contribution is -2.08. The zero-order valence-electron chi connectivity index (χ0n) is 7.37. The van der Waals surface area contributed by atoms with Crippen molar-refractivity contribution in [1.82, 2.24) is 0 Å². The second-order valence-electron chi connectivity index (χ2n) is 2.41. The van der Waals surface area contributed by atoms with E-state index in [4.69, 9.17) is 21.6 Å². The first-order valence-corrected chi connectivity index (χ1v) is 4.10. The lowest BCUT2D eigenvalue weighted by Gasteiger charge is -2.05. The third kappa shape index (κ3) is 2.38. The van der Waals surface area contributed by atoms with Crippen molar-refractivity contribution in [2.45, 2.75) is 0 Å². The fourth-order valence-electron chi connectivity index (χ4n) is 0.874. The largest absolute Gasteiger partial charge is 0.497 e. The summed E-state index contributed by atoms with van der Waals surface area (Å²) in [6.45, 7) is 0. The molecule has 0 spiro atoms. The van der Waals surface area contributed by atoms with Crippen molar-refractivity contribution in [2.75, 3.05) is 12.4 Å². The van der Waals surface area contributed by atoms with Gasteiger partial charge in [-0.15, -0.1) is 0 Å². The number of halogens is 1. The first-order chi connectivity index (χ1) is 6.67. The monoisotopic (exact) mass is 210 g/mol. The van der Waals surface area contributed by atoms with Crippen LogP contribution in [-0.2, 0) is 4.79 Å². The van der Waals surface area contributed by atoms with E-state index in [-0.39, 0.29) is 0 Å². The maximum Gasteiger partial charge on any atom is 0.326 e. The summed E-state index contributed by atoms with van der Waals surface area (Å²) in [5, 5.41) is 10.9. The topological polar surface area (TPSA) is 62.1 Å². The average Bonchev–Trinajstić information content (AvgIpc) is 2.20. The van der Waals surface area contributed by atoms with Gasteiger partial charge < -0.3 is 10.1 Å². The highest BCUT2D eigenvalue weighted by molar-refractivity contribution is 6.34. The summed E-state index contributed by atoms with van der Waals surface area (Å²) >= 11 is 5.81. The molecule has 0 atom stereocenters. The quantitative estimate of drug-likeness (QED) is 0.758. The Hall–Kier alpha value is -1.73. The minimum absolute atomic E-state index is 0.327. The molecule has 0 heterocycles. The first-order valence-electron chi connectivity index (χ1n) is 3.72. The molecule has 1 aromatic carbocycles. The SMILES string of the molecule is COc1ccc(NC(=O)C#N)c(Cl)c1. The van der Waals surface area contributed by atoms with Crippen molar-refractivity contribution in [3.05, 3.63) is 23.2 Å². The molecule has 0 radical (unpaired) electrons. The van der Waals surface area contributed by atoms with Gasteiger partial charge in [0.2, 0.25) is 0 Å². The summed E-state index contributed by atoms with van der Waals surface area (Å²) < 4.78 is 4.92. The van der Waals surface area contributed by atoms with Crippen molar-refractivity contribution < 1.29 is 9.53 Å². The number of carbonyl (C=O) groups is 1. The van der Waals surface area contributed by atoms with Crippen LogP contribution in [0.2, 0.25) is 5.02 Å².